The van der Waals surface area contributed by atoms with Crippen LogP contribution in [-0.4, -0.2) is 16.6 Å². The molecule has 0 saturated heterocycles. The van der Waals surface area contributed by atoms with Crippen LogP contribution < -0.4 is 8.85 Å². The minimum absolute atomic E-state index is 0.149. The summed E-state index contributed by atoms with van der Waals surface area (Å²) in [6.45, 7) is 22.4. The lowest BCUT2D eigenvalue weighted by Crippen LogP contribution is -2.44. The highest BCUT2D eigenvalue weighted by Crippen LogP contribution is 2.41. The van der Waals surface area contributed by atoms with Crippen molar-refractivity contribution in [2.24, 2.45) is 0 Å². The monoisotopic (exact) mass is 372 g/mol. The summed E-state index contributed by atoms with van der Waals surface area (Å²) in [5.41, 5.74) is 0. The Hall–Kier alpha value is -0.456. The molecular formula is C18H33ClO2Si2. The van der Waals surface area contributed by atoms with Gasteiger partial charge < -0.3 is 8.85 Å². The van der Waals surface area contributed by atoms with Crippen LogP contribution in [0, 0.1) is 0 Å². The molecule has 23 heavy (non-hydrogen) atoms. The fraction of sp³-hybridized carbons (Fsp3) is 0.667. The molecule has 0 aliphatic heterocycles. The quantitative estimate of drug-likeness (QED) is 0.524. The summed E-state index contributed by atoms with van der Waals surface area (Å²) >= 11 is 6.31. The van der Waals surface area contributed by atoms with E-state index in [0.29, 0.717) is 5.02 Å². The molecule has 1 aromatic rings. The molecule has 0 N–H and O–H groups in total. The first kappa shape index (κ1) is 20.6. The molecule has 0 unspecified atom stereocenters. The van der Waals surface area contributed by atoms with Crippen molar-refractivity contribution in [3.05, 3.63) is 23.2 Å². The molecule has 5 heteroatoms. The third-order valence-corrected chi connectivity index (χ3v) is 14.1. The highest BCUT2D eigenvalue weighted by molar-refractivity contribution is 6.75. The van der Waals surface area contributed by atoms with Crippen LogP contribution in [0.1, 0.15) is 41.5 Å². The van der Waals surface area contributed by atoms with E-state index in [1.807, 2.05) is 18.2 Å². The molecule has 0 aliphatic carbocycles. The molecule has 0 amide bonds. The first-order chi connectivity index (χ1) is 10.1. The molecule has 1 aromatic carbocycles. The van der Waals surface area contributed by atoms with Gasteiger partial charge in [0.05, 0.1) is 0 Å². The van der Waals surface area contributed by atoms with Gasteiger partial charge >= 0.3 is 0 Å². The van der Waals surface area contributed by atoms with Crippen LogP contribution in [0.5, 0.6) is 11.5 Å². The number of rotatable bonds is 4. The summed E-state index contributed by atoms with van der Waals surface area (Å²) in [5, 5.41) is 0.959. The van der Waals surface area contributed by atoms with Crippen molar-refractivity contribution in [3.8, 4) is 11.5 Å². The third kappa shape index (κ3) is 5.26. The van der Waals surface area contributed by atoms with Crippen molar-refractivity contribution < 1.29 is 8.85 Å². The van der Waals surface area contributed by atoms with Crippen LogP contribution >= 0.6 is 11.6 Å². The molecule has 0 fully saturated rings. The van der Waals surface area contributed by atoms with E-state index in [0.717, 1.165) is 11.5 Å². The maximum atomic E-state index is 6.38. The largest absolute Gasteiger partial charge is 0.543 e. The summed E-state index contributed by atoms with van der Waals surface area (Å²) in [5.74, 6) is 1.63. The summed E-state index contributed by atoms with van der Waals surface area (Å²) in [6, 6.07) is 5.77. The van der Waals surface area contributed by atoms with Gasteiger partial charge in [-0.3, -0.25) is 0 Å². The molecule has 0 bridgehead atoms. The van der Waals surface area contributed by atoms with E-state index in [1.54, 1.807) is 0 Å². The van der Waals surface area contributed by atoms with Gasteiger partial charge in [-0.05, 0) is 48.4 Å². The number of benzene rings is 1. The summed E-state index contributed by atoms with van der Waals surface area (Å²) in [4.78, 5) is 0. The fourth-order valence-corrected chi connectivity index (χ4v) is 3.79. The maximum Gasteiger partial charge on any atom is 0.250 e. The Morgan fingerprint density at radius 1 is 0.696 bits per heavy atom. The average molecular weight is 373 g/mol. The number of halogens is 1. The molecule has 0 spiro atoms. The standard InChI is InChI=1S/C18H33ClO2Si2/c1-17(2,3)22(7,8)20-15-11-14(19)12-16(13-15)21-23(9,10)18(4,5)6/h11-13H,1-10H3. The molecule has 0 saturated carbocycles. The van der Waals surface area contributed by atoms with Crippen LogP contribution in [0.2, 0.25) is 41.3 Å². The Labute approximate surface area is 149 Å². The van der Waals surface area contributed by atoms with Gasteiger partial charge in [-0.1, -0.05) is 53.1 Å². The minimum Gasteiger partial charge on any atom is -0.543 e. The van der Waals surface area contributed by atoms with E-state index in [-0.39, 0.29) is 10.1 Å². The Morgan fingerprint density at radius 3 is 1.26 bits per heavy atom. The Balaban J connectivity index is 3.10. The van der Waals surface area contributed by atoms with Crippen molar-refractivity contribution in [1.82, 2.24) is 0 Å². The van der Waals surface area contributed by atoms with E-state index < -0.39 is 16.6 Å². The van der Waals surface area contributed by atoms with Gasteiger partial charge in [0, 0.05) is 11.1 Å². The van der Waals surface area contributed by atoms with Crippen molar-refractivity contribution in [2.45, 2.75) is 77.8 Å². The first-order valence-corrected chi connectivity index (χ1v) is 14.4. The normalized spacial score (nSPS) is 13.9. The molecule has 0 aromatic heterocycles. The Kier molecular flexibility index (Phi) is 5.77. The predicted molar refractivity (Wildman–Crippen MR) is 107 cm³/mol. The molecule has 2 nitrogen and oxygen atoms in total. The van der Waals surface area contributed by atoms with Crippen molar-refractivity contribution in [3.63, 3.8) is 0 Å². The van der Waals surface area contributed by atoms with Gasteiger partial charge in [-0.25, -0.2) is 0 Å². The molecule has 0 atom stereocenters. The van der Waals surface area contributed by atoms with E-state index in [1.165, 1.54) is 0 Å². The van der Waals surface area contributed by atoms with Gasteiger partial charge in [0.15, 0.2) is 0 Å². The second-order valence-electron chi connectivity index (χ2n) is 9.35. The Bertz CT molecular complexity index is 509. The molecule has 132 valence electrons. The summed E-state index contributed by atoms with van der Waals surface area (Å²) < 4.78 is 12.8. The van der Waals surface area contributed by atoms with E-state index in [4.69, 9.17) is 20.5 Å². The third-order valence-electron chi connectivity index (χ3n) is 5.20. The van der Waals surface area contributed by atoms with Gasteiger partial charge in [-0.15, -0.1) is 0 Å². The zero-order valence-electron chi connectivity index (χ0n) is 16.4. The zero-order valence-corrected chi connectivity index (χ0v) is 19.2. The number of hydrogen-bond donors (Lipinski definition) is 0. The Morgan fingerprint density at radius 2 is 1.00 bits per heavy atom. The van der Waals surface area contributed by atoms with Crippen LogP contribution in [0.15, 0.2) is 18.2 Å². The highest BCUT2D eigenvalue weighted by atomic mass is 35.5. The lowest BCUT2D eigenvalue weighted by Gasteiger charge is -2.38. The van der Waals surface area contributed by atoms with Crippen LogP contribution in [0.3, 0.4) is 0 Å². The van der Waals surface area contributed by atoms with Crippen molar-refractivity contribution >= 4 is 28.2 Å². The van der Waals surface area contributed by atoms with Crippen molar-refractivity contribution in [1.29, 1.82) is 0 Å². The zero-order chi connectivity index (χ0) is 18.3. The second-order valence-corrected chi connectivity index (χ2v) is 19.2. The van der Waals surface area contributed by atoms with Crippen LogP contribution in [0.4, 0.5) is 0 Å². The van der Waals surface area contributed by atoms with Gasteiger partial charge in [0.2, 0.25) is 16.6 Å². The fourth-order valence-electron chi connectivity index (χ4n) is 1.55. The first-order valence-electron chi connectivity index (χ1n) is 8.24. The van der Waals surface area contributed by atoms with Crippen LogP contribution in [0.25, 0.3) is 0 Å². The summed E-state index contributed by atoms with van der Waals surface area (Å²) in [7, 11) is -3.78. The van der Waals surface area contributed by atoms with Gasteiger partial charge in [0.1, 0.15) is 11.5 Å². The van der Waals surface area contributed by atoms with E-state index in [9.17, 15) is 0 Å². The molecule has 0 radical (unpaired) electrons. The lowest BCUT2D eigenvalue weighted by atomic mass is 10.2. The minimum atomic E-state index is -1.89. The SMILES string of the molecule is CC(C)(C)[Si](C)(C)Oc1cc(Cl)cc(O[Si](C)(C)C(C)(C)C)c1. The van der Waals surface area contributed by atoms with Gasteiger partial charge in [-0.2, -0.15) is 0 Å². The maximum absolute atomic E-state index is 6.38. The molecular weight excluding hydrogens is 340 g/mol. The van der Waals surface area contributed by atoms with Crippen LogP contribution in [-0.2, 0) is 0 Å². The predicted octanol–water partition coefficient (Wildman–Crippen LogP) is 7.11. The smallest absolute Gasteiger partial charge is 0.250 e. The highest BCUT2D eigenvalue weighted by Gasteiger charge is 2.40. The van der Waals surface area contributed by atoms with Gasteiger partial charge in [0.25, 0.3) is 0 Å². The van der Waals surface area contributed by atoms with Crippen molar-refractivity contribution in [2.75, 3.05) is 0 Å². The lowest BCUT2D eigenvalue weighted by molar-refractivity contribution is 0.474. The molecule has 1 rings (SSSR count). The second kappa shape index (κ2) is 6.45. The topological polar surface area (TPSA) is 18.5 Å². The summed E-state index contributed by atoms with van der Waals surface area (Å²) in [6.07, 6.45) is 0. The molecule has 0 heterocycles. The average Bonchev–Trinajstić information content (AvgIpc) is 2.22. The van der Waals surface area contributed by atoms with E-state index in [2.05, 4.69) is 67.7 Å². The number of hydrogen-bond acceptors (Lipinski definition) is 2. The van der Waals surface area contributed by atoms with E-state index >= 15 is 0 Å². The molecule has 0 aliphatic rings.